The SMILES string of the molecule is CC(C)CC1CC(C(=O)Nc2ccccc2NS(=O)(=O)c2ccc(F)cc2)NN1. The zero-order valence-electron chi connectivity index (χ0n) is 16.3. The first-order chi connectivity index (χ1) is 13.7. The van der Waals surface area contributed by atoms with Gasteiger partial charge in [-0.05, 0) is 55.2 Å². The monoisotopic (exact) mass is 420 g/mol. The van der Waals surface area contributed by atoms with Gasteiger partial charge in [0.05, 0.1) is 16.3 Å². The van der Waals surface area contributed by atoms with Crippen LogP contribution in [-0.4, -0.2) is 26.4 Å². The van der Waals surface area contributed by atoms with Gasteiger partial charge in [-0.1, -0.05) is 26.0 Å². The molecule has 0 aliphatic carbocycles. The highest BCUT2D eigenvalue weighted by Gasteiger charge is 2.30. The molecule has 0 saturated carbocycles. The topological polar surface area (TPSA) is 99.3 Å². The molecule has 2 aromatic rings. The lowest BCUT2D eigenvalue weighted by molar-refractivity contribution is -0.117. The summed E-state index contributed by atoms with van der Waals surface area (Å²) < 4.78 is 40.7. The molecule has 29 heavy (non-hydrogen) atoms. The first-order valence-electron chi connectivity index (χ1n) is 9.44. The largest absolute Gasteiger partial charge is 0.323 e. The third-order valence-corrected chi connectivity index (χ3v) is 5.99. The highest BCUT2D eigenvalue weighted by atomic mass is 32.2. The second-order valence-corrected chi connectivity index (χ2v) is 9.18. The lowest BCUT2D eigenvalue weighted by Gasteiger charge is -2.15. The summed E-state index contributed by atoms with van der Waals surface area (Å²) in [6.07, 6.45) is 1.60. The average Bonchev–Trinajstić information content (AvgIpc) is 3.11. The van der Waals surface area contributed by atoms with Crippen molar-refractivity contribution in [2.75, 3.05) is 10.0 Å². The van der Waals surface area contributed by atoms with Crippen molar-refractivity contribution in [3.05, 3.63) is 54.3 Å². The van der Waals surface area contributed by atoms with Crippen molar-refractivity contribution in [3.8, 4) is 0 Å². The fourth-order valence-electron chi connectivity index (χ4n) is 3.24. The number of hydrogen-bond acceptors (Lipinski definition) is 5. The molecule has 1 aliphatic heterocycles. The van der Waals surface area contributed by atoms with E-state index in [1.54, 1.807) is 24.3 Å². The van der Waals surface area contributed by atoms with Crippen molar-refractivity contribution in [2.24, 2.45) is 5.92 Å². The minimum atomic E-state index is -3.93. The molecule has 4 N–H and O–H groups in total. The van der Waals surface area contributed by atoms with Crippen LogP contribution in [0.5, 0.6) is 0 Å². The van der Waals surface area contributed by atoms with Crippen molar-refractivity contribution in [1.29, 1.82) is 0 Å². The van der Waals surface area contributed by atoms with Gasteiger partial charge in [-0.3, -0.25) is 14.9 Å². The first-order valence-corrected chi connectivity index (χ1v) is 10.9. The maximum Gasteiger partial charge on any atom is 0.261 e. The average molecular weight is 421 g/mol. The van der Waals surface area contributed by atoms with Crippen LogP contribution >= 0.6 is 0 Å². The zero-order chi connectivity index (χ0) is 21.0. The summed E-state index contributed by atoms with van der Waals surface area (Å²) in [6.45, 7) is 4.25. The van der Waals surface area contributed by atoms with E-state index in [2.05, 4.69) is 34.7 Å². The number of hydrogen-bond donors (Lipinski definition) is 4. The predicted molar refractivity (Wildman–Crippen MR) is 110 cm³/mol. The second-order valence-electron chi connectivity index (χ2n) is 7.50. The molecule has 3 rings (SSSR count). The van der Waals surface area contributed by atoms with Crippen LogP contribution in [0.25, 0.3) is 0 Å². The van der Waals surface area contributed by atoms with E-state index in [4.69, 9.17) is 0 Å². The molecular formula is C20H25FN4O3S. The molecule has 2 aromatic carbocycles. The smallest absolute Gasteiger partial charge is 0.261 e. The van der Waals surface area contributed by atoms with Gasteiger partial charge in [0.1, 0.15) is 11.9 Å². The molecule has 0 radical (unpaired) electrons. The van der Waals surface area contributed by atoms with Crippen molar-refractivity contribution in [2.45, 2.75) is 43.7 Å². The number of para-hydroxylation sites is 2. The quantitative estimate of drug-likeness (QED) is 0.552. The van der Waals surface area contributed by atoms with Crippen LogP contribution in [0.2, 0.25) is 0 Å². The molecule has 0 bridgehead atoms. The van der Waals surface area contributed by atoms with Gasteiger partial charge < -0.3 is 5.32 Å². The van der Waals surface area contributed by atoms with Gasteiger partial charge in [-0.15, -0.1) is 0 Å². The summed E-state index contributed by atoms with van der Waals surface area (Å²) in [7, 11) is -3.93. The number of sulfonamides is 1. The highest BCUT2D eigenvalue weighted by molar-refractivity contribution is 7.92. The Morgan fingerprint density at radius 3 is 2.41 bits per heavy atom. The Labute approximate surface area is 170 Å². The Bertz CT molecular complexity index is 964. The molecule has 1 saturated heterocycles. The molecule has 2 unspecified atom stereocenters. The van der Waals surface area contributed by atoms with E-state index in [-0.39, 0.29) is 22.5 Å². The van der Waals surface area contributed by atoms with Crippen LogP contribution in [0.3, 0.4) is 0 Å². The summed E-state index contributed by atoms with van der Waals surface area (Å²) >= 11 is 0. The van der Waals surface area contributed by atoms with Crippen LogP contribution < -0.4 is 20.9 Å². The lowest BCUT2D eigenvalue weighted by atomic mass is 10.00. The van der Waals surface area contributed by atoms with Gasteiger partial charge in [0.15, 0.2) is 0 Å². The van der Waals surface area contributed by atoms with Crippen molar-refractivity contribution in [3.63, 3.8) is 0 Å². The van der Waals surface area contributed by atoms with Gasteiger partial charge in [-0.25, -0.2) is 18.2 Å². The minimum Gasteiger partial charge on any atom is -0.323 e. The van der Waals surface area contributed by atoms with Crippen molar-refractivity contribution < 1.29 is 17.6 Å². The third kappa shape index (κ3) is 5.53. The van der Waals surface area contributed by atoms with Crippen LogP contribution in [0.4, 0.5) is 15.8 Å². The summed E-state index contributed by atoms with van der Waals surface area (Å²) in [6, 6.07) is 10.8. The maximum absolute atomic E-state index is 13.1. The van der Waals surface area contributed by atoms with Gasteiger partial charge >= 0.3 is 0 Å². The molecule has 9 heteroatoms. The Kier molecular flexibility index (Phi) is 6.51. The number of benzene rings is 2. The van der Waals surface area contributed by atoms with E-state index in [1.165, 1.54) is 12.1 Å². The van der Waals surface area contributed by atoms with Crippen LogP contribution in [0.1, 0.15) is 26.7 Å². The Morgan fingerprint density at radius 1 is 1.10 bits per heavy atom. The van der Waals surface area contributed by atoms with Gasteiger partial charge in [0, 0.05) is 6.04 Å². The van der Waals surface area contributed by atoms with E-state index in [0.29, 0.717) is 18.0 Å². The van der Waals surface area contributed by atoms with E-state index in [0.717, 1.165) is 18.6 Å². The molecule has 0 aromatic heterocycles. The lowest BCUT2D eigenvalue weighted by Crippen LogP contribution is -2.40. The molecule has 156 valence electrons. The minimum absolute atomic E-state index is 0.0711. The molecule has 0 spiro atoms. The number of hydrazine groups is 1. The summed E-state index contributed by atoms with van der Waals surface area (Å²) in [5.41, 5.74) is 6.70. The number of nitrogens with one attached hydrogen (secondary N) is 4. The molecule has 7 nitrogen and oxygen atoms in total. The maximum atomic E-state index is 13.1. The van der Waals surface area contributed by atoms with Crippen molar-refractivity contribution >= 4 is 27.3 Å². The molecule has 1 aliphatic rings. The highest BCUT2D eigenvalue weighted by Crippen LogP contribution is 2.25. The van der Waals surface area contributed by atoms with E-state index in [9.17, 15) is 17.6 Å². The number of halogens is 1. The van der Waals surface area contributed by atoms with Crippen LogP contribution in [-0.2, 0) is 14.8 Å². The summed E-state index contributed by atoms with van der Waals surface area (Å²) in [5.74, 6) is -0.264. The van der Waals surface area contributed by atoms with E-state index >= 15 is 0 Å². The molecular weight excluding hydrogens is 395 g/mol. The number of anilines is 2. The molecule has 1 heterocycles. The van der Waals surface area contributed by atoms with Crippen molar-refractivity contribution in [1.82, 2.24) is 10.9 Å². The standard InChI is InChI=1S/C20H25FN4O3S/c1-13(2)11-15-12-19(24-23-15)20(26)22-17-5-3-4-6-18(17)25-29(27,28)16-9-7-14(21)8-10-16/h3-10,13,15,19,23-25H,11-12H2,1-2H3,(H,22,26). The number of rotatable bonds is 7. The molecule has 1 fully saturated rings. The fourth-order valence-corrected chi connectivity index (χ4v) is 4.32. The Hall–Kier alpha value is -2.49. The normalized spacial score (nSPS) is 19.3. The number of carbonyl (C=O) groups is 1. The van der Waals surface area contributed by atoms with Crippen LogP contribution in [0.15, 0.2) is 53.4 Å². The summed E-state index contributed by atoms with van der Waals surface area (Å²) in [5, 5.41) is 2.78. The molecule has 1 amide bonds. The van der Waals surface area contributed by atoms with Gasteiger partial charge in [0.25, 0.3) is 10.0 Å². The fraction of sp³-hybridized carbons (Fsp3) is 0.350. The van der Waals surface area contributed by atoms with Crippen LogP contribution in [0, 0.1) is 11.7 Å². The van der Waals surface area contributed by atoms with E-state index < -0.39 is 21.9 Å². The Morgan fingerprint density at radius 2 is 1.76 bits per heavy atom. The predicted octanol–water partition coefficient (Wildman–Crippen LogP) is 2.85. The van der Waals surface area contributed by atoms with Gasteiger partial charge in [0.2, 0.25) is 5.91 Å². The third-order valence-electron chi connectivity index (χ3n) is 4.61. The summed E-state index contributed by atoms with van der Waals surface area (Å²) in [4.78, 5) is 12.6. The zero-order valence-corrected chi connectivity index (χ0v) is 17.1. The van der Waals surface area contributed by atoms with E-state index in [1.807, 2.05) is 0 Å². The van der Waals surface area contributed by atoms with Gasteiger partial charge in [-0.2, -0.15) is 0 Å². The first kappa shape index (κ1) is 21.2. The number of carbonyl (C=O) groups excluding carboxylic acids is 1. The second kappa shape index (κ2) is 8.89. The Balaban J connectivity index is 1.71. The molecule has 2 atom stereocenters. The number of amides is 1.